The van der Waals surface area contributed by atoms with Gasteiger partial charge < -0.3 is 10.0 Å². The van der Waals surface area contributed by atoms with E-state index in [9.17, 15) is 21.6 Å². The highest BCUT2D eigenvalue weighted by atomic mass is 32.2. The van der Waals surface area contributed by atoms with Crippen molar-refractivity contribution < 1.29 is 31.5 Å². The molecule has 2 aliphatic rings. The number of aromatic nitrogens is 2. The molecule has 4 rings (SSSR count). The third kappa shape index (κ3) is 5.80. The van der Waals surface area contributed by atoms with Gasteiger partial charge in [-0.15, -0.1) is 0 Å². The van der Waals surface area contributed by atoms with Crippen LogP contribution in [0.4, 0.5) is 19.1 Å². The van der Waals surface area contributed by atoms with E-state index >= 15 is 0 Å². The van der Waals surface area contributed by atoms with Crippen LogP contribution in [0.15, 0.2) is 30.5 Å². The molecule has 3 heterocycles. The van der Waals surface area contributed by atoms with Crippen LogP contribution in [-0.2, 0) is 26.9 Å². The van der Waals surface area contributed by atoms with E-state index in [0.29, 0.717) is 19.0 Å². The van der Waals surface area contributed by atoms with E-state index in [-0.39, 0.29) is 16.9 Å². The second-order valence-electron chi connectivity index (χ2n) is 8.41. The van der Waals surface area contributed by atoms with Crippen molar-refractivity contribution in [3.8, 4) is 0 Å². The Kier molecular flexibility index (Phi) is 6.99. The maximum Gasteiger partial charge on any atom is 0.490 e. The van der Waals surface area contributed by atoms with Crippen molar-refractivity contribution in [2.75, 3.05) is 32.1 Å². The van der Waals surface area contributed by atoms with Gasteiger partial charge in [0.05, 0.1) is 16.7 Å². The number of halogens is 3. The van der Waals surface area contributed by atoms with Crippen molar-refractivity contribution in [3.63, 3.8) is 0 Å². The molecule has 2 atom stereocenters. The number of carboxylic acid groups (broad SMARTS) is 1. The molecule has 0 spiro atoms. The quantitative estimate of drug-likeness (QED) is 0.706. The van der Waals surface area contributed by atoms with Crippen molar-refractivity contribution in [1.82, 2.24) is 14.9 Å². The summed E-state index contributed by atoms with van der Waals surface area (Å²) in [6.07, 6.45) is -3.39. The molecule has 2 aromatic rings. The van der Waals surface area contributed by atoms with Crippen molar-refractivity contribution >= 4 is 21.8 Å². The maximum atomic E-state index is 12.8. The Bertz CT molecular complexity index is 1120. The number of fused-ring (bicyclic) bond motifs is 3. The smallest absolute Gasteiger partial charge is 0.475 e. The van der Waals surface area contributed by atoms with Gasteiger partial charge in [-0.2, -0.15) is 13.2 Å². The number of hydrogen-bond acceptors (Lipinski definition) is 7. The molecule has 0 bridgehead atoms. The lowest BCUT2D eigenvalue weighted by atomic mass is 10.00. The Hall–Kier alpha value is -2.73. The number of sulfone groups is 1. The first kappa shape index (κ1) is 24.9. The van der Waals surface area contributed by atoms with E-state index < -0.39 is 22.0 Å². The van der Waals surface area contributed by atoms with Crippen molar-refractivity contribution in [2.24, 2.45) is 0 Å². The maximum absolute atomic E-state index is 12.8. The number of carboxylic acids is 1. The number of nitrogens with zero attached hydrogens (tertiary/aromatic N) is 4. The van der Waals surface area contributed by atoms with E-state index in [1.807, 2.05) is 19.0 Å². The molecule has 33 heavy (non-hydrogen) atoms. The van der Waals surface area contributed by atoms with Gasteiger partial charge in [0.15, 0.2) is 9.84 Å². The third-order valence-electron chi connectivity index (χ3n) is 5.57. The average molecular weight is 487 g/mol. The largest absolute Gasteiger partial charge is 0.490 e. The second-order valence-corrected chi connectivity index (χ2v) is 10.6. The highest BCUT2D eigenvalue weighted by Crippen LogP contribution is 2.39. The van der Waals surface area contributed by atoms with Gasteiger partial charge in [-0.3, -0.25) is 4.90 Å². The lowest BCUT2D eigenvalue weighted by molar-refractivity contribution is -0.192. The Morgan fingerprint density at radius 3 is 2.36 bits per heavy atom. The van der Waals surface area contributed by atoms with Crippen molar-refractivity contribution in [3.05, 3.63) is 52.8 Å². The summed E-state index contributed by atoms with van der Waals surface area (Å²) in [5.74, 6) is -2.14. The number of aliphatic carboxylic acids is 1. The Morgan fingerprint density at radius 2 is 1.82 bits per heavy atom. The number of carbonyl (C=O) groups is 1. The van der Waals surface area contributed by atoms with Gasteiger partial charge in [0.1, 0.15) is 0 Å². The van der Waals surface area contributed by atoms with Gasteiger partial charge in [0.2, 0.25) is 5.95 Å². The zero-order valence-corrected chi connectivity index (χ0v) is 19.2. The zero-order valence-electron chi connectivity index (χ0n) is 18.4. The summed E-state index contributed by atoms with van der Waals surface area (Å²) >= 11 is 0. The summed E-state index contributed by atoms with van der Waals surface area (Å²) < 4.78 is 57.3. The molecular formula is C21H25F3N4O4S. The first-order valence-electron chi connectivity index (χ1n) is 10.1. The topological polar surface area (TPSA) is 104 Å². The minimum absolute atomic E-state index is 0.0512. The fourth-order valence-corrected chi connectivity index (χ4v) is 5.96. The molecule has 0 saturated carbocycles. The number of hydrogen-bond donors (Lipinski definition) is 1. The molecule has 12 heteroatoms. The Balaban J connectivity index is 0.000000383. The third-order valence-corrected chi connectivity index (χ3v) is 7.68. The summed E-state index contributed by atoms with van der Waals surface area (Å²) in [5.41, 5.74) is 4.11. The first-order chi connectivity index (χ1) is 15.3. The monoisotopic (exact) mass is 486 g/mol. The number of anilines is 1. The van der Waals surface area contributed by atoms with Gasteiger partial charge in [0.25, 0.3) is 0 Å². The molecule has 1 N–H and O–H groups in total. The zero-order chi connectivity index (χ0) is 24.6. The standard InChI is InChI=1S/C19H24N4O2S.C2HF3O2/c1-13-4-6-14(7-5-13)9-23-10-16-17(11-23)26(24,25)12-15-8-20-19(22(2)3)21-18(15)16;3-2(4,5)1(6)7/h4-8,16-17H,9-12H2,1-3H3;(H,6,7)/t16-,17+;/m0./s1. The minimum atomic E-state index is -5.08. The van der Waals surface area contributed by atoms with Crippen LogP contribution >= 0.6 is 0 Å². The molecule has 180 valence electrons. The molecule has 0 amide bonds. The van der Waals surface area contributed by atoms with Gasteiger partial charge in [0, 0.05) is 51.4 Å². The summed E-state index contributed by atoms with van der Waals surface area (Å²) in [6.45, 7) is 4.12. The summed E-state index contributed by atoms with van der Waals surface area (Å²) in [5, 5.41) is 6.75. The lowest BCUT2D eigenvalue weighted by Crippen LogP contribution is -2.35. The molecule has 1 fully saturated rings. The number of aryl methyl sites for hydroxylation is 1. The Labute approximate surface area is 190 Å². The minimum Gasteiger partial charge on any atom is -0.475 e. The number of rotatable bonds is 3. The van der Waals surface area contributed by atoms with Crippen LogP contribution in [-0.4, -0.2) is 73.0 Å². The first-order valence-corrected chi connectivity index (χ1v) is 11.8. The number of alkyl halides is 3. The van der Waals surface area contributed by atoms with E-state index in [1.54, 1.807) is 6.20 Å². The predicted molar refractivity (Wildman–Crippen MR) is 116 cm³/mol. The Morgan fingerprint density at radius 1 is 1.21 bits per heavy atom. The lowest BCUT2D eigenvalue weighted by Gasteiger charge is -2.27. The van der Waals surface area contributed by atoms with Crippen LogP contribution in [0.5, 0.6) is 0 Å². The predicted octanol–water partition coefficient (Wildman–Crippen LogP) is 2.38. The van der Waals surface area contributed by atoms with Crippen LogP contribution < -0.4 is 4.90 Å². The number of benzene rings is 1. The number of likely N-dealkylation sites (tertiary alicyclic amines) is 1. The molecular weight excluding hydrogens is 461 g/mol. The van der Waals surface area contributed by atoms with Gasteiger partial charge in [-0.1, -0.05) is 29.8 Å². The molecule has 0 radical (unpaired) electrons. The normalized spacial score (nSPS) is 21.4. The summed E-state index contributed by atoms with van der Waals surface area (Å²) in [4.78, 5) is 22.0. The van der Waals surface area contributed by atoms with Gasteiger partial charge in [-0.05, 0) is 12.5 Å². The van der Waals surface area contributed by atoms with E-state index in [1.165, 1.54) is 11.1 Å². The molecule has 2 aliphatic heterocycles. The molecule has 1 aromatic heterocycles. The van der Waals surface area contributed by atoms with E-state index in [4.69, 9.17) is 14.9 Å². The van der Waals surface area contributed by atoms with Gasteiger partial charge >= 0.3 is 12.1 Å². The van der Waals surface area contributed by atoms with E-state index in [2.05, 4.69) is 41.1 Å². The van der Waals surface area contributed by atoms with Crippen LogP contribution in [0.25, 0.3) is 0 Å². The molecule has 8 nitrogen and oxygen atoms in total. The second kappa shape index (κ2) is 9.26. The van der Waals surface area contributed by atoms with Crippen LogP contribution in [0.3, 0.4) is 0 Å². The average Bonchev–Trinajstić information content (AvgIpc) is 3.14. The fourth-order valence-electron chi connectivity index (χ4n) is 3.94. The molecule has 1 saturated heterocycles. The molecule has 0 aliphatic carbocycles. The van der Waals surface area contributed by atoms with Crippen LogP contribution in [0.2, 0.25) is 0 Å². The molecule has 0 unspecified atom stereocenters. The van der Waals surface area contributed by atoms with Crippen molar-refractivity contribution in [2.45, 2.75) is 36.6 Å². The highest BCUT2D eigenvalue weighted by molar-refractivity contribution is 7.91. The SMILES string of the molecule is Cc1ccc(CN2C[C@@H]3c4nc(N(C)C)ncc4CS(=O)(=O)[C@@H]3C2)cc1.O=C(O)C(F)(F)F. The highest BCUT2D eigenvalue weighted by Gasteiger charge is 2.47. The molecule has 1 aromatic carbocycles. The van der Waals surface area contributed by atoms with Crippen LogP contribution in [0.1, 0.15) is 28.3 Å². The summed E-state index contributed by atoms with van der Waals surface area (Å²) in [6, 6.07) is 8.43. The van der Waals surface area contributed by atoms with Gasteiger partial charge in [-0.25, -0.2) is 23.2 Å². The van der Waals surface area contributed by atoms with Crippen molar-refractivity contribution in [1.29, 1.82) is 0 Å². The fraction of sp³-hybridized carbons (Fsp3) is 0.476. The van der Waals surface area contributed by atoms with Crippen LogP contribution in [0, 0.1) is 6.92 Å². The summed E-state index contributed by atoms with van der Waals surface area (Å²) in [7, 11) is 0.626. The van der Waals surface area contributed by atoms with E-state index in [0.717, 1.165) is 17.8 Å².